The van der Waals surface area contributed by atoms with Gasteiger partial charge in [0, 0.05) is 40.9 Å². The van der Waals surface area contributed by atoms with E-state index < -0.39 is 0 Å². The number of nitrogens with one attached hydrogen (secondary N) is 1. The standard InChI is InChI=1S/C22H26IN7O2/c23-17-2-1-3-18-20(17)27-28-30(18)19-8-11-24-22(26-19)25-15-6-4-14(5-7-15)21(32)29-12-9-16(31)10-13-29/h1-3,8,11,14-16,31H,4-7,9-10,12-13H2,(H,24,25,26). The predicted octanol–water partition coefficient (Wildman–Crippen LogP) is 2.77. The highest BCUT2D eigenvalue weighted by Gasteiger charge is 2.31. The quantitative estimate of drug-likeness (QED) is 0.484. The lowest BCUT2D eigenvalue weighted by atomic mass is 9.85. The summed E-state index contributed by atoms with van der Waals surface area (Å²) >= 11 is 2.26. The molecule has 1 saturated heterocycles. The summed E-state index contributed by atoms with van der Waals surface area (Å²) in [6.45, 7) is 1.35. The average Bonchev–Trinajstić information content (AvgIpc) is 3.25. The van der Waals surface area contributed by atoms with Crippen LogP contribution < -0.4 is 5.32 Å². The number of aliphatic hydroxyl groups excluding tert-OH is 1. The number of benzene rings is 1. The number of fused-ring (bicyclic) bond motifs is 1. The number of halogens is 1. The molecule has 32 heavy (non-hydrogen) atoms. The first-order valence-corrected chi connectivity index (χ1v) is 12.2. The van der Waals surface area contributed by atoms with Crippen molar-refractivity contribution < 1.29 is 9.90 Å². The number of carbonyl (C=O) groups is 1. The SMILES string of the molecule is O=C(C1CCC(Nc2nccc(-n3nnc4c(I)cccc43)n2)CC1)N1CCC(O)CC1. The molecule has 168 valence electrons. The van der Waals surface area contributed by atoms with Gasteiger partial charge in [-0.25, -0.2) is 4.98 Å². The third kappa shape index (κ3) is 4.42. The van der Waals surface area contributed by atoms with E-state index in [1.54, 1.807) is 10.9 Å². The number of anilines is 1. The number of aromatic nitrogens is 5. The van der Waals surface area contributed by atoms with Crippen LogP contribution in [0.1, 0.15) is 38.5 Å². The molecule has 2 fully saturated rings. The van der Waals surface area contributed by atoms with Crippen molar-refractivity contribution in [1.82, 2.24) is 29.9 Å². The molecule has 3 aromatic rings. The molecule has 2 aliphatic rings. The van der Waals surface area contributed by atoms with E-state index in [1.165, 1.54) is 0 Å². The maximum absolute atomic E-state index is 12.8. The number of hydrogen-bond acceptors (Lipinski definition) is 7. The largest absolute Gasteiger partial charge is 0.393 e. The van der Waals surface area contributed by atoms with E-state index in [2.05, 4.69) is 48.2 Å². The first-order valence-electron chi connectivity index (χ1n) is 11.2. The molecule has 1 aromatic carbocycles. The number of rotatable bonds is 4. The minimum Gasteiger partial charge on any atom is -0.393 e. The number of piperidine rings is 1. The average molecular weight is 547 g/mol. The Labute approximate surface area is 199 Å². The van der Waals surface area contributed by atoms with Crippen LogP contribution in [0, 0.1) is 9.49 Å². The van der Waals surface area contributed by atoms with E-state index >= 15 is 0 Å². The zero-order valence-electron chi connectivity index (χ0n) is 17.7. The molecule has 2 N–H and O–H groups in total. The molecule has 9 nitrogen and oxygen atoms in total. The van der Waals surface area contributed by atoms with E-state index in [0.29, 0.717) is 37.7 Å². The highest BCUT2D eigenvalue weighted by Crippen LogP contribution is 2.29. The predicted molar refractivity (Wildman–Crippen MR) is 128 cm³/mol. The summed E-state index contributed by atoms with van der Waals surface area (Å²) < 4.78 is 2.78. The van der Waals surface area contributed by atoms with Crippen LogP contribution in [0.15, 0.2) is 30.5 Å². The third-order valence-corrected chi connectivity index (χ3v) is 7.34. The topological polar surface area (TPSA) is 109 Å². The first-order chi connectivity index (χ1) is 15.6. The van der Waals surface area contributed by atoms with Crippen molar-refractivity contribution in [2.24, 2.45) is 5.92 Å². The van der Waals surface area contributed by atoms with Crippen LogP contribution in [0.4, 0.5) is 5.95 Å². The molecular weight excluding hydrogens is 521 g/mol. The minimum atomic E-state index is -0.256. The van der Waals surface area contributed by atoms with Crippen molar-refractivity contribution >= 4 is 45.5 Å². The maximum Gasteiger partial charge on any atom is 0.225 e. The molecular formula is C22H26IN7O2. The monoisotopic (exact) mass is 547 g/mol. The van der Waals surface area contributed by atoms with Gasteiger partial charge in [0.2, 0.25) is 11.9 Å². The summed E-state index contributed by atoms with van der Waals surface area (Å²) in [4.78, 5) is 23.8. The molecule has 2 aromatic heterocycles. The number of hydrogen-bond donors (Lipinski definition) is 2. The molecule has 5 rings (SSSR count). The molecule has 0 spiro atoms. The van der Waals surface area contributed by atoms with E-state index in [-0.39, 0.29) is 24.0 Å². The molecule has 0 radical (unpaired) electrons. The Balaban J connectivity index is 1.21. The smallest absolute Gasteiger partial charge is 0.225 e. The fraction of sp³-hybridized carbons (Fsp3) is 0.500. The molecule has 0 atom stereocenters. The highest BCUT2D eigenvalue weighted by molar-refractivity contribution is 14.1. The van der Waals surface area contributed by atoms with Crippen LogP contribution in [0.5, 0.6) is 0 Å². The van der Waals surface area contributed by atoms with E-state index in [4.69, 9.17) is 0 Å². The summed E-state index contributed by atoms with van der Waals surface area (Å²) in [5.41, 5.74) is 1.76. The molecule has 1 saturated carbocycles. The third-order valence-electron chi connectivity index (χ3n) is 6.47. The molecule has 1 aliphatic heterocycles. The maximum atomic E-state index is 12.8. The van der Waals surface area contributed by atoms with Gasteiger partial charge in [-0.3, -0.25) is 4.79 Å². The van der Waals surface area contributed by atoms with Crippen molar-refractivity contribution in [2.45, 2.75) is 50.7 Å². The second-order valence-corrected chi connectivity index (χ2v) is 9.76. The summed E-state index contributed by atoms with van der Waals surface area (Å²) in [5, 5.41) is 21.7. The molecule has 3 heterocycles. The van der Waals surface area contributed by atoms with Gasteiger partial charge >= 0.3 is 0 Å². The van der Waals surface area contributed by atoms with Crippen LogP contribution >= 0.6 is 22.6 Å². The number of amides is 1. The molecule has 10 heteroatoms. The summed E-state index contributed by atoms with van der Waals surface area (Å²) in [6.07, 6.45) is 6.39. The van der Waals surface area contributed by atoms with Crippen LogP contribution in [0.25, 0.3) is 16.9 Å². The van der Waals surface area contributed by atoms with Crippen LogP contribution in [-0.4, -0.2) is 66.1 Å². The number of aliphatic hydroxyl groups is 1. The zero-order valence-corrected chi connectivity index (χ0v) is 19.8. The Kier molecular flexibility index (Phi) is 6.22. The van der Waals surface area contributed by atoms with E-state index in [0.717, 1.165) is 40.3 Å². The number of nitrogens with zero attached hydrogens (tertiary/aromatic N) is 6. The summed E-state index contributed by atoms with van der Waals surface area (Å²) in [7, 11) is 0. The van der Waals surface area contributed by atoms with Gasteiger partial charge in [0.1, 0.15) is 5.52 Å². The lowest BCUT2D eigenvalue weighted by Gasteiger charge is -2.35. The van der Waals surface area contributed by atoms with Gasteiger partial charge < -0.3 is 15.3 Å². The second kappa shape index (κ2) is 9.26. The Hall–Kier alpha value is -2.34. The van der Waals surface area contributed by atoms with Gasteiger partial charge in [0.15, 0.2) is 5.82 Å². The van der Waals surface area contributed by atoms with Crippen molar-refractivity contribution in [2.75, 3.05) is 18.4 Å². The fourth-order valence-corrected chi connectivity index (χ4v) is 5.22. The Morgan fingerprint density at radius 2 is 1.88 bits per heavy atom. The summed E-state index contributed by atoms with van der Waals surface area (Å²) in [5.74, 6) is 1.57. The molecule has 1 aliphatic carbocycles. The lowest BCUT2D eigenvalue weighted by Crippen LogP contribution is -2.44. The van der Waals surface area contributed by atoms with Crippen molar-refractivity contribution in [3.63, 3.8) is 0 Å². The van der Waals surface area contributed by atoms with Crippen molar-refractivity contribution in [3.05, 3.63) is 34.0 Å². The van der Waals surface area contributed by atoms with E-state index in [1.807, 2.05) is 29.2 Å². The highest BCUT2D eigenvalue weighted by atomic mass is 127. The van der Waals surface area contributed by atoms with Crippen molar-refractivity contribution in [3.8, 4) is 5.82 Å². The van der Waals surface area contributed by atoms with Crippen LogP contribution in [0.3, 0.4) is 0 Å². The van der Waals surface area contributed by atoms with Crippen molar-refractivity contribution in [1.29, 1.82) is 0 Å². The normalized spacial score (nSPS) is 22.2. The molecule has 1 amide bonds. The summed E-state index contributed by atoms with van der Waals surface area (Å²) in [6, 6.07) is 8.03. The van der Waals surface area contributed by atoms with Gasteiger partial charge in [-0.05, 0) is 73.2 Å². The second-order valence-electron chi connectivity index (χ2n) is 8.60. The first kappa shape index (κ1) is 21.5. The Bertz CT molecular complexity index is 1100. The molecule has 0 unspecified atom stereocenters. The van der Waals surface area contributed by atoms with Crippen LogP contribution in [0.2, 0.25) is 0 Å². The van der Waals surface area contributed by atoms with E-state index in [9.17, 15) is 9.90 Å². The molecule has 0 bridgehead atoms. The van der Waals surface area contributed by atoms with Gasteiger partial charge in [-0.15, -0.1) is 5.10 Å². The fourth-order valence-electron chi connectivity index (χ4n) is 4.63. The van der Waals surface area contributed by atoms with Gasteiger partial charge in [0.25, 0.3) is 0 Å². The minimum absolute atomic E-state index is 0.0829. The lowest BCUT2D eigenvalue weighted by molar-refractivity contribution is -0.138. The van der Waals surface area contributed by atoms with Gasteiger partial charge in [0.05, 0.1) is 11.6 Å². The number of likely N-dealkylation sites (tertiary alicyclic amines) is 1. The van der Waals surface area contributed by atoms with Crippen LogP contribution in [-0.2, 0) is 4.79 Å². The van der Waals surface area contributed by atoms with Gasteiger partial charge in [-0.2, -0.15) is 9.67 Å². The Morgan fingerprint density at radius 1 is 1.09 bits per heavy atom. The Morgan fingerprint density at radius 3 is 2.66 bits per heavy atom. The number of carbonyl (C=O) groups excluding carboxylic acids is 1. The zero-order chi connectivity index (χ0) is 22.1. The van der Waals surface area contributed by atoms with Gasteiger partial charge in [-0.1, -0.05) is 11.3 Å².